The van der Waals surface area contributed by atoms with Crippen molar-refractivity contribution < 1.29 is 4.74 Å². The molecule has 0 aliphatic heterocycles. The number of methoxy groups -OCH3 is 1. The number of pyridine rings is 1. The second-order valence-corrected chi connectivity index (χ2v) is 8.05. The fraction of sp³-hybridized carbons (Fsp3) is 0.571. The minimum absolute atomic E-state index is 0. The van der Waals surface area contributed by atoms with E-state index in [1.807, 2.05) is 18.2 Å². The maximum absolute atomic E-state index is 6.41. The molecule has 27 heavy (non-hydrogen) atoms. The highest BCUT2D eigenvalue weighted by Gasteiger charge is 2.12. The molecule has 152 valence electrons. The SMILES string of the molecule is COc1cc(NCCCN(CC(C)C)CC(C)C)c2ncccc2c1Cl.Cl. The molecule has 0 spiro atoms. The number of hydrogen-bond donors (Lipinski definition) is 1. The van der Waals surface area contributed by atoms with E-state index in [2.05, 4.69) is 42.9 Å². The summed E-state index contributed by atoms with van der Waals surface area (Å²) in [6.45, 7) is 13.4. The zero-order chi connectivity index (χ0) is 19.1. The number of rotatable bonds is 10. The normalized spacial score (nSPS) is 11.3. The number of halogens is 2. The number of nitrogens with zero attached hydrogens (tertiary/aromatic N) is 2. The average molecular weight is 414 g/mol. The van der Waals surface area contributed by atoms with Gasteiger partial charge in [-0.3, -0.25) is 4.98 Å². The highest BCUT2D eigenvalue weighted by molar-refractivity contribution is 6.37. The van der Waals surface area contributed by atoms with E-state index in [0.717, 1.165) is 49.2 Å². The predicted octanol–water partition coefficient (Wildman–Crippen LogP) is 5.73. The van der Waals surface area contributed by atoms with Crippen molar-refractivity contribution in [1.82, 2.24) is 9.88 Å². The molecule has 1 heterocycles. The zero-order valence-corrected chi connectivity index (χ0v) is 18.7. The Morgan fingerprint density at radius 2 is 1.85 bits per heavy atom. The van der Waals surface area contributed by atoms with E-state index in [1.54, 1.807) is 13.3 Å². The molecule has 2 rings (SSSR count). The summed E-state index contributed by atoms with van der Waals surface area (Å²) in [7, 11) is 1.64. The van der Waals surface area contributed by atoms with Crippen molar-refractivity contribution in [2.75, 3.05) is 38.6 Å². The minimum atomic E-state index is 0. The van der Waals surface area contributed by atoms with Crippen LogP contribution in [0, 0.1) is 11.8 Å². The second kappa shape index (κ2) is 11.6. The standard InChI is InChI=1S/C21H32ClN3O.ClH/c1-15(2)13-25(14-16(3)4)11-7-10-23-18-12-19(26-5)20(22)17-8-6-9-24-21(17)18;/h6,8-9,12,15-16,23H,7,10-11,13-14H2,1-5H3;1H. The molecular formula is C21H33Cl2N3O. The average Bonchev–Trinajstić information content (AvgIpc) is 2.59. The number of hydrogen-bond acceptors (Lipinski definition) is 4. The van der Waals surface area contributed by atoms with Crippen molar-refractivity contribution in [3.8, 4) is 5.75 Å². The van der Waals surface area contributed by atoms with Gasteiger partial charge in [0.15, 0.2) is 0 Å². The Morgan fingerprint density at radius 3 is 2.44 bits per heavy atom. The number of fused-ring (bicyclic) bond motifs is 1. The van der Waals surface area contributed by atoms with Crippen LogP contribution < -0.4 is 10.1 Å². The van der Waals surface area contributed by atoms with Gasteiger partial charge in [-0.15, -0.1) is 12.4 Å². The van der Waals surface area contributed by atoms with Gasteiger partial charge in [-0.1, -0.05) is 39.3 Å². The Morgan fingerprint density at radius 1 is 1.19 bits per heavy atom. The Kier molecular flexibility index (Phi) is 10.2. The van der Waals surface area contributed by atoms with Crippen LogP contribution in [0.5, 0.6) is 5.75 Å². The van der Waals surface area contributed by atoms with Gasteiger partial charge in [-0.05, 0) is 36.9 Å². The first-order valence-corrected chi connectivity index (χ1v) is 9.87. The molecule has 1 aromatic heterocycles. The summed E-state index contributed by atoms with van der Waals surface area (Å²) in [4.78, 5) is 7.06. The Bertz CT molecular complexity index is 697. The van der Waals surface area contributed by atoms with E-state index in [0.29, 0.717) is 22.6 Å². The Hall–Kier alpha value is -1.23. The molecule has 1 N–H and O–H groups in total. The number of ether oxygens (including phenoxy) is 1. The van der Waals surface area contributed by atoms with Crippen molar-refractivity contribution in [1.29, 1.82) is 0 Å². The van der Waals surface area contributed by atoms with E-state index in [1.165, 1.54) is 0 Å². The molecule has 0 amide bonds. The molecule has 0 aliphatic rings. The molecule has 0 saturated heterocycles. The highest BCUT2D eigenvalue weighted by atomic mass is 35.5. The summed E-state index contributed by atoms with van der Waals surface area (Å²) >= 11 is 6.41. The summed E-state index contributed by atoms with van der Waals surface area (Å²) < 4.78 is 5.42. The summed E-state index contributed by atoms with van der Waals surface area (Å²) in [5.74, 6) is 2.06. The fourth-order valence-electron chi connectivity index (χ4n) is 3.29. The molecule has 0 radical (unpaired) electrons. The minimum Gasteiger partial charge on any atom is -0.495 e. The van der Waals surface area contributed by atoms with E-state index in [-0.39, 0.29) is 12.4 Å². The lowest BCUT2D eigenvalue weighted by molar-refractivity contribution is 0.219. The van der Waals surface area contributed by atoms with Crippen LogP contribution in [-0.2, 0) is 0 Å². The zero-order valence-electron chi connectivity index (χ0n) is 17.1. The maximum atomic E-state index is 6.41. The van der Waals surface area contributed by atoms with Crippen molar-refractivity contribution in [3.05, 3.63) is 29.4 Å². The van der Waals surface area contributed by atoms with Crippen LogP contribution in [0.15, 0.2) is 24.4 Å². The number of aromatic nitrogens is 1. The maximum Gasteiger partial charge on any atom is 0.140 e. The lowest BCUT2D eigenvalue weighted by Gasteiger charge is -2.26. The lowest BCUT2D eigenvalue weighted by atomic mass is 10.1. The monoisotopic (exact) mass is 413 g/mol. The van der Waals surface area contributed by atoms with Gasteiger partial charge in [0.2, 0.25) is 0 Å². The first kappa shape index (κ1) is 23.8. The van der Waals surface area contributed by atoms with Gasteiger partial charge in [0, 0.05) is 37.3 Å². The molecule has 1 aromatic carbocycles. The lowest BCUT2D eigenvalue weighted by Crippen LogP contribution is -2.33. The number of benzene rings is 1. The van der Waals surface area contributed by atoms with Gasteiger partial charge in [0.05, 0.1) is 23.3 Å². The van der Waals surface area contributed by atoms with Crippen LogP contribution in [0.1, 0.15) is 34.1 Å². The van der Waals surface area contributed by atoms with Gasteiger partial charge in [-0.25, -0.2) is 0 Å². The Balaban J connectivity index is 0.00000364. The molecule has 6 heteroatoms. The fourth-order valence-corrected chi connectivity index (χ4v) is 3.58. The highest BCUT2D eigenvalue weighted by Crippen LogP contribution is 2.36. The second-order valence-electron chi connectivity index (χ2n) is 7.67. The van der Waals surface area contributed by atoms with E-state index < -0.39 is 0 Å². The third-order valence-corrected chi connectivity index (χ3v) is 4.61. The summed E-state index contributed by atoms with van der Waals surface area (Å²) in [5, 5.41) is 5.05. The van der Waals surface area contributed by atoms with E-state index in [9.17, 15) is 0 Å². The molecule has 0 bridgehead atoms. The van der Waals surface area contributed by atoms with Crippen LogP contribution in [0.25, 0.3) is 10.9 Å². The number of anilines is 1. The number of nitrogens with one attached hydrogen (secondary N) is 1. The van der Waals surface area contributed by atoms with Gasteiger partial charge in [0.25, 0.3) is 0 Å². The smallest absolute Gasteiger partial charge is 0.140 e. The third-order valence-electron chi connectivity index (χ3n) is 4.22. The summed E-state index contributed by atoms with van der Waals surface area (Å²) in [6, 6.07) is 5.82. The van der Waals surface area contributed by atoms with Crippen LogP contribution in [0.4, 0.5) is 5.69 Å². The van der Waals surface area contributed by atoms with Crippen LogP contribution in [0.3, 0.4) is 0 Å². The van der Waals surface area contributed by atoms with Gasteiger partial charge < -0.3 is 15.0 Å². The first-order valence-electron chi connectivity index (χ1n) is 9.49. The topological polar surface area (TPSA) is 37.4 Å². The van der Waals surface area contributed by atoms with Crippen LogP contribution >= 0.6 is 24.0 Å². The quantitative estimate of drug-likeness (QED) is 0.504. The largest absolute Gasteiger partial charge is 0.495 e. The van der Waals surface area contributed by atoms with Crippen LogP contribution in [0.2, 0.25) is 5.02 Å². The van der Waals surface area contributed by atoms with E-state index >= 15 is 0 Å². The molecule has 2 aromatic rings. The van der Waals surface area contributed by atoms with Gasteiger partial charge >= 0.3 is 0 Å². The predicted molar refractivity (Wildman–Crippen MR) is 120 cm³/mol. The third kappa shape index (κ3) is 7.02. The van der Waals surface area contributed by atoms with Gasteiger partial charge in [0.1, 0.15) is 5.75 Å². The molecule has 4 nitrogen and oxygen atoms in total. The molecule has 0 unspecified atom stereocenters. The van der Waals surface area contributed by atoms with Crippen molar-refractivity contribution in [2.45, 2.75) is 34.1 Å². The summed E-state index contributed by atoms with van der Waals surface area (Å²) in [5.41, 5.74) is 1.86. The first-order chi connectivity index (χ1) is 12.4. The van der Waals surface area contributed by atoms with Gasteiger partial charge in [-0.2, -0.15) is 0 Å². The van der Waals surface area contributed by atoms with Crippen molar-refractivity contribution >= 4 is 40.6 Å². The Labute approximate surface area is 175 Å². The molecular weight excluding hydrogens is 381 g/mol. The summed E-state index contributed by atoms with van der Waals surface area (Å²) in [6.07, 6.45) is 2.88. The van der Waals surface area contributed by atoms with Crippen molar-refractivity contribution in [3.63, 3.8) is 0 Å². The van der Waals surface area contributed by atoms with Crippen molar-refractivity contribution in [2.24, 2.45) is 11.8 Å². The molecule has 0 atom stereocenters. The molecule has 0 saturated carbocycles. The van der Waals surface area contributed by atoms with E-state index in [4.69, 9.17) is 16.3 Å². The molecule has 0 fully saturated rings. The molecule has 0 aliphatic carbocycles. The van der Waals surface area contributed by atoms with Crippen LogP contribution in [-0.4, -0.2) is 43.2 Å².